The monoisotopic (exact) mass is 372 g/mol. The number of nitrogens with zero attached hydrogens (tertiary/aromatic N) is 3. The molecule has 0 aliphatic carbocycles. The topological polar surface area (TPSA) is 53.7 Å². The fraction of sp³-hybridized carbons (Fsp3) is 0.217. The van der Waals surface area contributed by atoms with Gasteiger partial charge in [-0.25, -0.2) is 4.98 Å². The molecule has 2 aromatic carbocycles. The van der Waals surface area contributed by atoms with E-state index in [1.807, 2.05) is 37.4 Å². The number of aromatic nitrogens is 1. The van der Waals surface area contributed by atoms with Crippen molar-refractivity contribution in [1.82, 2.24) is 15.2 Å². The van der Waals surface area contributed by atoms with E-state index in [1.165, 1.54) is 11.1 Å². The lowest BCUT2D eigenvalue weighted by Gasteiger charge is -2.29. The molecule has 0 atom stereocenters. The highest BCUT2D eigenvalue weighted by Crippen LogP contribution is 2.22. The maximum Gasteiger partial charge on any atom is 0.226 e. The zero-order valence-electron chi connectivity index (χ0n) is 16.0. The molecule has 5 nitrogen and oxygen atoms in total. The first-order valence-corrected chi connectivity index (χ1v) is 9.53. The number of hydrogen-bond donors (Lipinski definition) is 1. The van der Waals surface area contributed by atoms with Crippen LogP contribution in [0.2, 0.25) is 0 Å². The van der Waals surface area contributed by atoms with E-state index >= 15 is 0 Å². The minimum atomic E-state index is 0.578. The third kappa shape index (κ3) is 4.14. The van der Waals surface area contributed by atoms with Crippen molar-refractivity contribution in [2.24, 2.45) is 4.99 Å². The molecule has 1 aliphatic rings. The fourth-order valence-electron chi connectivity index (χ4n) is 3.38. The fourth-order valence-corrected chi connectivity index (χ4v) is 3.38. The van der Waals surface area contributed by atoms with Crippen LogP contribution in [0.4, 0.5) is 0 Å². The molecule has 142 valence electrons. The molecule has 0 saturated heterocycles. The van der Waals surface area contributed by atoms with Gasteiger partial charge in [0.2, 0.25) is 5.89 Å². The maximum absolute atomic E-state index is 5.61. The van der Waals surface area contributed by atoms with Crippen LogP contribution >= 0.6 is 0 Å². The third-order valence-corrected chi connectivity index (χ3v) is 4.87. The first-order valence-electron chi connectivity index (χ1n) is 9.53. The highest BCUT2D eigenvalue weighted by molar-refractivity contribution is 5.81. The van der Waals surface area contributed by atoms with Crippen LogP contribution in [0.25, 0.3) is 17.0 Å². The third-order valence-electron chi connectivity index (χ3n) is 4.87. The van der Waals surface area contributed by atoms with Crippen molar-refractivity contribution in [3.8, 4) is 11.5 Å². The van der Waals surface area contributed by atoms with Gasteiger partial charge in [-0.1, -0.05) is 54.6 Å². The van der Waals surface area contributed by atoms with E-state index in [9.17, 15) is 0 Å². The quantitative estimate of drug-likeness (QED) is 0.551. The van der Waals surface area contributed by atoms with Gasteiger partial charge in [0, 0.05) is 25.7 Å². The molecule has 28 heavy (non-hydrogen) atoms. The highest BCUT2D eigenvalue weighted by atomic mass is 16.3. The van der Waals surface area contributed by atoms with E-state index in [0.717, 1.165) is 36.7 Å². The SMILES string of the molecule is CN=C(NCc1coc(-c2ccccc2)n1)N1CC=C(c2ccccc2)CC1. The zero-order chi connectivity index (χ0) is 19.2. The summed E-state index contributed by atoms with van der Waals surface area (Å²) in [6.07, 6.45) is 4.99. The first-order chi connectivity index (χ1) is 13.8. The second kappa shape index (κ2) is 8.57. The van der Waals surface area contributed by atoms with Crippen molar-refractivity contribution in [3.05, 3.63) is 84.3 Å². The lowest BCUT2D eigenvalue weighted by molar-refractivity contribution is 0.439. The average Bonchev–Trinajstić information content (AvgIpc) is 3.25. The summed E-state index contributed by atoms with van der Waals surface area (Å²) in [4.78, 5) is 11.3. The second-order valence-electron chi connectivity index (χ2n) is 6.70. The van der Waals surface area contributed by atoms with Crippen molar-refractivity contribution < 1.29 is 4.42 Å². The van der Waals surface area contributed by atoms with E-state index in [-0.39, 0.29) is 0 Å². The van der Waals surface area contributed by atoms with Gasteiger partial charge in [-0.3, -0.25) is 4.99 Å². The Labute approximate surface area is 165 Å². The van der Waals surface area contributed by atoms with E-state index < -0.39 is 0 Å². The average molecular weight is 372 g/mol. The Morgan fingerprint density at radius 3 is 2.43 bits per heavy atom. The van der Waals surface area contributed by atoms with Crippen LogP contribution in [0.3, 0.4) is 0 Å². The van der Waals surface area contributed by atoms with Crippen molar-refractivity contribution >= 4 is 11.5 Å². The predicted octanol–water partition coefficient (Wildman–Crippen LogP) is 4.21. The summed E-state index contributed by atoms with van der Waals surface area (Å²) in [5, 5.41) is 3.40. The zero-order valence-corrected chi connectivity index (χ0v) is 16.0. The number of guanidine groups is 1. The standard InChI is InChI=1S/C23H24N4O/c1-24-23(27-14-12-19(13-15-27)18-8-4-2-5-9-18)25-16-21-17-28-22(26-21)20-10-6-3-7-11-20/h2-12,17H,13-16H2,1H3,(H,24,25). The normalized spacial score (nSPS) is 14.7. The Balaban J connectivity index is 1.36. The molecule has 0 saturated carbocycles. The Kier molecular flexibility index (Phi) is 5.52. The van der Waals surface area contributed by atoms with Crippen molar-refractivity contribution in [3.63, 3.8) is 0 Å². The van der Waals surface area contributed by atoms with Crippen LogP contribution in [0, 0.1) is 0 Å². The highest BCUT2D eigenvalue weighted by Gasteiger charge is 2.16. The molecule has 0 amide bonds. The molecule has 1 aromatic heterocycles. The number of nitrogens with one attached hydrogen (secondary N) is 1. The van der Waals surface area contributed by atoms with Gasteiger partial charge in [0.25, 0.3) is 0 Å². The van der Waals surface area contributed by atoms with Gasteiger partial charge in [-0.15, -0.1) is 0 Å². The van der Waals surface area contributed by atoms with Gasteiger partial charge in [0.15, 0.2) is 5.96 Å². The molecule has 0 bridgehead atoms. The van der Waals surface area contributed by atoms with Crippen LogP contribution in [0.1, 0.15) is 17.7 Å². The Hall–Kier alpha value is -3.34. The number of rotatable bonds is 4. The molecular weight excluding hydrogens is 348 g/mol. The van der Waals surface area contributed by atoms with Crippen LogP contribution in [-0.2, 0) is 6.54 Å². The van der Waals surface area contributed by atoms with Gasteiger partial charge in [-0.2, -0.15) is 0 Å². The van der Waals surface area contributed by atoms with Crippen molar-refractivity contribution in [1.29, 1.82) is 0 Å². The summed E-state index contributed by atoms with van der Waals surface area (Å²) in [6, 6.07) is 20.5. The molecule has 0 spiro atoms. The molecule has 0 radical (unpaired) electrons. The van der Waals surface area contributed by atoms with Crippen LogP contribution in [-0.4, -0.2) is 36.0 Å². The number of oxazole rings is 1. The first kappa shape index (κ1) is 18.0. The summed E-state index contributed by atoms with van der Waals surface area (Å²) >= 11 is 0. The van der Waals surface area contributed by atoms with E-state index in [1.54, 1.807) is 6.26 Å². The Morgan fingerprint density at radius 1 is 1.07 bits per heavy atom. The molecule has 3 aromatic rings. The van der Waals surface area contributed by atoms with Crippen molar-refractivity contribution in [2.45, 2.75) is 13.0 Å². The number of benzene rings is 2. The molecule has 0 unspecified atom stereocenters. The Bertz CT molecular complexity index is 961. The summed E-state index contributed by atoms with van der Waals surface area (Å²) < 4.78 is 5.61. The molecular formula is C23H24N4O. The minimum absolute atomic E-state index is 0.578. The number of hydrogen-bond acceptors (Lipinski definition) is 3. The van der Waals surface area contributed by atoms with Gasteiger partial charge < -0.3 is 14.6 Å². The van der Waals surface area contributed by atoms with Gasteiger partial charge in [0.05, 0.1) is 12.2 Å². The smallest absolute Gasteiger partial charge is 0.226 e. The molecule has 5 heteroatoms. The largest absolute Gasteiger partial charge is 0.444 e. The summed E-state index contributed by atoms with van der Waals surface area (Å²) in [5.74, 6) is 1.52. The van der Waals surface area contributed by atoms with Crippen molar-refractivity contribution in [2.75, 3.05) is 20.1 Å². The molecule has 0 fully saturated rings. The van der Waals surface area contributed by atoms with E-state index in [2.05, 4.69) is 56.6 Å². The Morgan fingerprint density at radius 2 is 1.79 bits per heavy atom. The summed E-state index contributed by atoms with van der Waals surface area (Å²) in [5.41, 5.74) is 4.54. The maximum atomic E-state index is 5.61. The molecule has 1 aliphatic heterocycles. The lowest BCUT2D eigenvalue weighted by atomic mass is 10.00. The van der Waals surface area contributed by atoms with Crippen LogP contribution < -0.4 is 5.32 Å². The summed E-state index contributed by atoms with van der Waals surface area (Å²) in [6.45, 7) is 2.36. The van der Waals surface area contributed by atoms with E-state index in [0.29, 0.717) is 12.4 Å². The lowest BCUT2D eigenvalue weighted by Crippen LogP contribution is -2.43. The van der Waals surface area contributed by atoms with Gasteiger partial charge in [-0.05, 0) is 29.7 Å². The second-order valence-corrected chi connectivity index (χ2v) is 6.70. The van der Waals surface area contributed by atoms with E-state index in [4.69, 9.17) is 4.42 Å². The predicted molar refractivity (Wildman–Crippen MR) is 113 cm³/mol. The van der Waals surface area contributed by atoms with Crippen LogP contribution in [0.15, 0.2) is 82.4 Å². The summed E-state index contributed by atoms with van der Waals surface area (Å²) in [7, 11) is 1.82. The van der Waals surface area contributed by atoms with Gasteiger partial charge >= 0.3 is 0 Å². The van der Waals surface area contributed by atoms with Gasteiger partial charge in [0.1, 0.15) is 6.26 Å². The molecule has 2 heterocycles. The molecule has 4 rings (SSSR count). The van der Waals surface area contributed by atoms with Crippen LogP contribution in [0.5, 0.6) is 0 Å². The minimum Gasteiger partial charge on any atom is -0.444 e. The number of aliphatic imine (C=N–C) groups is 1. The molecule has 1 N–H and O–H groups in total.